The molecule has 0 saturated carbocycles. The molecule has 0 spiro atoms. The van der Waals surface area contributed by atoms with Gasteiger partial charge in [-0.3, -0.25) is 4.90 Å². The van der Waals surface area contributed by atoms with Crippen LogP contribution in [0.3, 0.4) is 0 Å². The number of β-amino-alcohol motifs (C(OH)–C–C–N with tert-alkyl or cyclic N) is 1. The molecular weight excluding hydrogens is 252 g/mol. The summed E-state index contributed by atoms with van der Waals surface area (Å²) in [6.07, 6.45) is 0.789. The molecule has 0 aliphatic carbocycles. The van der Waals surface area contributed by atoms with Gasteiger partial charge in [0.2, 0.25) is 0 Å². The number of hydrogen-bond acceptors (Lipinski definition) is 6. The maximum absolute atomic E-state index is 11.9. The molecule has 1 aliphatic rings. The number of esters is 1. The number of aliphatic hydroxyl groups is 1. The van der Waals surface area contributed by atoms with Crippen LogP contribution in [0.4, 0.5) is 5.00 Å². The summed E-state index contributed by atoms with van der Waals surface area (Å²) in [6.45, 7) is 4.56. The van der Waals surface area contributed by atoms with E-state index < -0.39 is 0 Å². The van der Waals surface area contributed by atoms with E-state index >= 15 is 0 Å². The van der Waals surface area contributed by atoms with Crippen molar-refractivity contribution in [2.75, 3.05) is 32.0 Å². The molecule has 0 amide bonds. The Kier molecular flexibility index (Phi) is 4.21. The van der Waals surface area contributed by atoms with Gasteiger partial charge in [0.1, 0.15) is 5.00 Å². The third kappa shape index (κ3) is 2.50. The third-order valence-electron chi connectivity index (χ3n) is 3.06. The highest BCUT2D eigenvalue weighted by molar-refractivity contribution is 7.16. The van der Waals surface area contributed by atoms with Gasteiger partial charge in [0.05, 0.1) is 18.8 Å². The molecule has 0 saturated heterocycles. The fraction of sp³-hybridized carbons (Fsp3) is 0.583. The largest absolute Gasteiger partial charge is 0.462 e. The number of aliphatic hydroxyl groups excluding tert-OH is 1. The van der Waals surface area contributed by atoms with Crippen molar-refractivity contribution in [3.8, 4) is 0 Å². The molecule has 0 atom stereocenters. The van der Waals surface area contributed by atoms with Crippen molar-refractivity contribution in [2.24, 2.45) is 0 Å². The van der Waals surface area contributed by atoms with Crippen LogP contribution in [0.15, 0.2) is 0 Å². The number of carbonyl (C=O) groups is 1. The van der Waals surface area contributed by atoms with E-state index in [1.165, 1.54) is 11.3 Å². The van der Waals surface area contributed by atoms with Crippen molar-refractivity contribution in [3.05, 3.63) is 16.0 Å². The van der Waals surface area contributed by atoms with Gasteiger partial charge in [-0.2, -0.15) is 0 Å². The lowest BCUT2D eigenvalue weighted by Gasteiger charge is -2.26. The van der Waals surface area contributed by atoms with E-state index in [1.54, 1.807) is 6.92 Å². The van der Waals surface area contributed by atoms with Crippen molar-refractivity contribution in [1.82, 2.24) is 4.90 Å². The fourth-order valence-corrected chi connectivity index (χ4v) is 3.39. The molecule has 6 heteroatoms. The number of thiophene rings is 1. The van der Waals surface area contributed by atoms with Crippen LogP contribution in [0, 0.1) is 0 Å². The van der Waals surface area contributed by atoms with Gasteiger partial charge < -0.3 is 15.6 Å². The van der Waals surface area contributed by atoms with Gasteiger partial charge in [0.15, 0.2) is 0 Å². The maximum Gasteiger partial charge on any atom is 0.341 e. The molecule has 2 heterocycles. The Balaban J connectivity index is 2.23. The molecule has 100 valence electrons. The predicted octanol–water partition coefficient (Wildman–Crippen LogP) is 0.857. The van der Waals surface area contributed by atoms with Crippen LogP contribution >= 0.6 is 11.3 Å². The highest BCUT2D eigenvalue weighted by atomic mass is 32.1. The second-order valence-corrected chi connectivity index (χ2v) is 5.35. The summed E-state index contributed by atoms with van der Waals surface area (Å²) in [5.41, 5.74) is 7.51. The van der Waals surface area contributed by atoms with Gasteiger partial charge in [-0.15, -0.1) is 11.3 Å². The third-order valence-corrected chi connectivity index (χ3v) is 4.10. The van der Waals surface area contributed by atoms with Crippen molar-refractivity contribution in [2.45, 2.75) is 19.9 Å². The van der Waals surface area contributed by atoms with E-state index in [-0.39, 0.29) is 12.6 Å². The molecule has 1 aromatic heterocycles. The first-order valence-corrected chi connectivity index (χ1v) is 6.89. The molecular formula is C12H18N2O3S. The molecule has 1 aromatic rings. The van der Waals surface area contributed by atoms with Gasteiger partial charge in [-0.05, 0) is 18.9 Å². The minimum Gasteiger partial charge on any atom is -0.462 e. The number of ether oxygens (including phenoxy) is 1. The Hall–Kier alpha value is -1.11. The second kappa shape index (κ2) is 5.69. The summed E-state index contributed by atoms with van der Waals surface area (Å²) < 4.78 is 5.04. The van der Waals surface area contributed by atoms with Crippen LogP contribution in [-0.4, -0.2) is 42.3 Å². The van der Waals surface area contributed by atoms with Crippen molar-refractivity contribution in [3.63, 3.8) is 0 Å². The standard InChI is InChI=1S/C12H18N2O3S/c1-2-17-12(16)10-8-3-4-14(5-6-15)7-9(8)18-11(10)13/h15H,2-7,13H2,1H3. The van der Waals surface area contributed by atoms with Crippen LogP contribution in [-0.2, 0) is 17.7 Å². The number of carbonyl (C=O) groups excluding carboxylic acids is 1. The molecule has 0 unspecified atom stereocenters. The van der Waals surface area contributed by atoms with Gasteiger partial charge in [-0.1, -0.05) is 0 Å². The number of hydrogen-bond donors (Lipinski definition) is 2. The maximum atomic E-state index is 11.9. The topological polar surface area (TPSA) is 75.8 Å². The molecule has 0 aromatic carbocycles. The fourth-order valence-electron chi connectivity index (χ4n) is 2.24. The lowest BCUT2D eigenvalue weighted by Crippen LogP contribution is -2.32. The normalized spacial score (nSPS) is 15.4. The van der Waals surface area contributed by atoms with E-state index in [1.807, 2.05) is 0 Å². The zero-order valence-corrected chi connectivity index (χ0v) is 11.3. The summed E-state index contributed by atoms with van der Waals surface area (Å²) in [7, 11) is 0. The highest BCUT2D eigenvalue weighted by Crippen LogP contribution is 2.35. The Labute approximate surface area is 110 Å². The number of anilines is 1. The average Bonchev–Trinajstić information content (AvgIpc) is 2.65. The van der Waals surface area contributed by atoms with Crippen LogP contribution in [0.1, 0.15) is 27.7 Å². The van der Waals surface area contributed by atoms with Gasteiger partial charge in [0.25, 0.3) is 0 Å². The van der Waals surface area contributed by atoms with Crippen molar-refractivity contribution in [1.29, 1.82) is 0 Å². The molecule has 3 N–H and O–H groups in total. The Morgan fingerprint density at radius 3 is 3.06 bits per heavy atom. The lowest BCUT2D eigenvalue weighted by molar-refractivity contribution is 0.0526. The first kappa shape index (κ1) is 13.3. The highest BCUT2D eigenvalue weighted by Gasteiger charge is 2.27. The predicted molar refractivity (Wildman–Crippen MR) is 70.8 cm³/mol. The van der Waals surface area contributed by atoms with Gasteiger partial charge in [-0.25, -0.2) is 4.79 Å². The van der Waals surface area contributed by atoms with Crippen molar-refractivity contribution < 1.29 is 14.6 Å². The monoisotopic (exact) mass is 270 g/mol. The quantitative estimate of drug-likeness (QED) is 0.794. The van der Waals surface area contributed by atoms with Gasteiger partial charge >= 0.3 is 5.97 Å². The lowest BCUT2D eigenvalue weighted by atomic mass is 10.0. The summed E-state index contributed by atoms with van der Waals surface area (Å²) in [6, 6.07) is 0. The molecule has 0 radical (unpaired) electrons. The minimum atomic E-state index is -0.317. The summed E-state index contributed by atoms with van der Waals surface area (Å²) >= 11 is 1.45. The molecule has 0 bridgehead atoms. The molecule has 5 nitrogen and oxygen atoms in total. The minimum absolute atomic E-state index is 0.154. The molecule has 0 fully saturated rings. The van der Waals surface area contributed by atoms with E-state index in [9.17, 15) is 4.79 Å². The number of nitrogens with zero attached hydrogens (tertiary/aromatic N) is 1. The Morgan fingerprint density at radius 1 is 1.61 bits per heavy atom. The van der Waals surface area contributed by atoms with Gasteiger partial charge in [0, 0.05) is 24.5 Å². The number of rotatable bonds is 4. The molecule has 18 heavy (non-hydrogen) atoms. The van der Waals surface area contributed by atoms with E-state index in [0.717, 1.165) is 30.0 Å². The Morgan fingerprint density at radius 2 is 2.39 bits per heavy atom. The first-order valence-electron chi connectivity index (χ1n) is 6.07. The van der Waals surface area contributed by atoms with E-state index in [2.05, 4.69) is 4.90 Å². The van der Waals surface area contributed by atoms with Crippen LogP contribution in [0.25, 0.3) is 0 Å². The smallest absolute Gasteiger partial charge is 0.341 e. The van der Waals surface area contributed by atoms with E-state index in [0.29, 0.717) is 23.7 Å². The summed E-state index contributed by atoms with van der Waals surface area (Å²) in [4.78, 5) is 15.1. The zero-order chi connectivity index (χ0) is 13.1. The summed E-state index contributed by atoms with van der Waals surface area (Å²) in [5.74, 6) is -0.317. The first-order chi connectivity index (χ1) is 8.67. The van der Waals surface area contributed by atoms with Crippen LogP contribution in [0.5, 0.6) is 0 Å². The average molecular weight is 270 g/mol. The van der Waals surface area contributed by atoms with Crippen LogP contribution < -0.4 is 5.73 Å². The SMILES string of the molecule is CCOC(=O)c1c(N)sc2c1CCN(CCO)C2. The van der Waals surface area contributed by atoms with E-state index in [4.69, 9.17) is 15.6 Å². The number of fused-ring (bicyclic) bond motifs is 1. The number of nitrogens with two attached hydrogens (primary N) is 1. The second-order valence-electron chi connectivity index (χ2n) is 4.21. The molecule has 1 aliphatic heterocycles. The van der Waals surface area contributed by atoms with Crippen LogP contribution in [0.2, 0.25) is 0 Å². The summed E-state index contributed by atoms with van der Waals surface area (Å²) in [5, 5.41) is 9.49. The Bertz CT molecular complexity index is 445. The number of nitrogen functional groups attached to an aromatic ring is 1. The molecule has 2 rings (SSSR count). The van der Waals surface area contributed by atoms with Crippen molar-refractivity contribution >= 4 is 22.3 Å². The zero-order valence-electron chi connectivity index (χ0n) is 10.4.